The van der Waals surface area contributed by atoms with Crippen LogP contribution in [0.4, 0.5) is 0 Å². The number of piperidine rings is 1. The molecule has 0 radical (unpaired) electrons. The molecule has 3 nitrogen and oxygen atoms in total. The topological polar surface area (TPSA) is 41.1 Å². The molecule has 1 unspecified atom stereocenters. The average molecular weight is 277 g/mol. The van der Waals surface area contributed by atoms with Gasteiger partial charge >= 0.3 is 0 Å². The molecule has 108 valence electrons. The van der Waals surface area contributed by atoms with E-state index in [0.29, 0.717) is 12.5 Å². The molecule has 2 N–H and O–H groups in total. The maximum atomic E-state index is 11.8. The zero-order valence-corrected chi connectivity index (χ0v) is 12.7. The molecular formula is C14H29ClN2O. The Morgan fingerprint density at radius 2 is 2.00 bits per heavy atom. The lowest BCUT2D eigenvalue weighted by Gasteiger charge is -2.23. The molecule has 1 aliphatic heterocycles. The Morgan fingerprint density at radius 1 is 1.33 bits per heavy atom. The lowest BCUT2D eigenvalue weighted by molar-refractivity contribution is -0.122. The molecular weight excluding hydrogens is 248 g/mol. The van der Waals surface area contributed by atoms with Crippen molar-refractivity contribution in [2.75, 3.05) is 13.1 Å². The van der Waals surface area contributed by atoms with E-state index in [9.17, 15) is 4.79 Å². The highest BCUT2D eigenvalue weighted by atomic mass is 35.5. The van der Waals surface area contributed by atoms with Crippen molar-refractivity contribution < 1.29 is 4.79 Å². The van der Waals surface area contributed by atoms with Gasteiger partial charge in [0.25, 0.3) is 0 Å². The molecule has 0 saturated carbocycles. The largest absolute Gasteiger partial charge is 0.353 e. The summed E-state index contributed by atoms with van der Waals surface area (Å²) < 4.78 is 0. The molecule has 0 aliphatic carbocycles. The average Bonchev–Trinajstić information content (AvgIpc) is 2.37. The van der Waals surface area contributed by atoms with Gasteiger partial charge in [-0.05, 0) is 51.1 Å². The number of amides is 1. The molecule has 1 heterocycles. The van der Waals surface area contributed by atoms with Gasteiger partial charge in [-0.25, -0.2) is 0 Å². The predicted molar refractivity (Wildman–Crippen MR) is 79.2 cm³/mol. The molecule has 4 heteroatoms. The molecule has 1 fully saturated rings. The monoisotopic (exact) mass is 276 g/mol. The number of carbonyl (C=O) groups is 1. The number of hydrogen-bond acceptors (Lipinski definition) is 2. The fourth-order valence-electron chi connectivity index (χ4n) is 2.53. The maximum Gasteiger partial charge on any atom is 0.220 e. The van der Waals surface area contributed by atoms with Gasteiger partial charge in [-0.2, -0.15) is 0 Å². The highest BCUT2D eigenvalue weighted by Crippen LogP contribution is 2.17. The fourth-order valence-corrected chi connectivity index (χ4v) is 2.53. The molecule has 18 heavy (non-hydrogen) atoms. The Morgan fingerprint density at radius 3 is 2.56 bits per heavy atom. The van der Waals surface area contributed by atoms with Crippen LogP contribution in [0.2, 0.25) is 0 Å². The van der Waals surface area contributed by atoms with Crippen LogP contribution in [0.1, 0.15) is 58.8 Å². The van der Waals surface area contributed by atoms with E-state index in [2.05, 4.69) is 24.5 Å². The van der Waals surface area contributed by atoms with Crippen molar-refractivity contribution in [3.8, 4) is 0 Å². The van der Waals surface area contributed by atoms with Crippen LogP contribution in [0, 0.1) is 5.92 Å². The molecule has 0 spiro atoms. The number of hydrogen-bond donors (Lipinski definition) is 2. The summed E-state index contributed by atoms with van der Waals surface area (Å²) in [5, 5.41) is 6.51. The summed E-state index contributed by atoms with van der Waals surface area (Å²) in [7, 11) is 0. The van der Waals surface area contributed by atoms with Gasteiger partial charge in [0.05, 0.1) is 0 Å². The van der Waals surface area contributed by atoms with Gasteiger partial charge in [-0.15, -0.1) is 12.4 Å². The minimum Gasteiger partial charge on any atom is -0.353 e. The van der Waals surface area contributed by atoms with E-state index in [1.807, 2.05) is 0 Å². The van der Waals surface area contributed by atoms with E-state index in [0.717, 1.165) is 44.7 Å². The van der Waals surface area contributed by atoms with Crippen molar-refractivity contribution >= 4 is 18.3 Å². The molecule has 1 saturated heterocycles. The molecule has 1 amide bonds. The second-order valence-corrected chi connectivity index (χ2v) is 5.19. The fraction of sp³-hybridized carbons (Fsp3) is 0.929. The van der Waals surface area contributed by atoms with Gasteiger partial charge < -0.3 is 10.6 Å². The minimum atomic E-state index is 0. The van der Waals surface area contributed by atoms with Crippen LogP contribution in [0.5, 0.6) is 0 Å². The summed E-state index contributed by atoms with van der Waals surface area (Å²) in [5.74, 6) is 1.01. The van der Waals surface area contributed by atoms with Crippen molar-refractivity contribution in [3.63, 3.8) is 0 Å². The summed E-state index contributed by atoms with van der Waals surface area (Å²) >= 11 is 0. The summed E-state index contributed by atoms with van der Waals surface area (Å²) in [6, 6.07) is 0.389. The van der Waals surface area contributed by atoms with Crippen LogP contribution < -0.4 is 10.6 Å². The van der Waals surface area contributed by atoms with Crippen LogP contribution in [0.3, 0.4) is 0 Å². The van der Waals surface area contributed by atoms with Crippen molar-refractivity contribution in [2.24, 2.45) is 5.92 Å². The second kappa shape index (κ2) is 10.6. The van der Waals surface area contributed by atoms with Crippen LogP contribution in [0.25, 0.3) is 0 Å². The zero-order chi connectivity index (χ0) is 12.5. The molecule has 0 bridgehead atoms. The van der Waals surface area contributed by atoms with Gasteiger partial charge in [0.15, 0.2) is 0 Å². The Kier molecular flexibility index (Phi) is 10.5. The molecule has 1 atom stereocenters. The van der Waals surface area contributed by atoms with Crippen molar-refractivity contribution in [1.82, 2.24) is 10.6 Å². The van der Waals surface area contributed by atoms with E-state index < -0.39 is 0 Å². The van der Waals surface area contributed by atoms with Crippen molar-refractivity contribution in [2.45, 2.75) is 64.8 Å². The Bertz CT molecular complexity index is 218. The highest BCUT2D eigenvalue weighted by molar-refractivity contribution is 5.85. The Hall–Kier alpha value is -0.280. The minimum absolute atomic E-state index is 0. The third-order valence-electron chi connectivity index (χ3n) is 3.73. The van der Waals surface area contributed by atoms with Gasteiger partial charge in [0.1, 0.15) is 0 Å². The Labute approximate surface area is 118 Å². The highest BCUT2D eigenvalue weighted by Gasteiger charge is 2.15. The number of halogens is 1. The van der Waals surface area contributed by atoms with E-state index in [1.165, 1.54) is 12.8 Å². The normalized spacial score (nSPS) is 17.9. The summed E-state index contributed by atoms with van der Waals surface area (Å²) in [6.45, 7) is 6.57. The molecule has 0 aromatic rings. The first-order chi connectivity index (χ1) is 8.26. The first-order valence-corrected chi connectivity index (χ1v) is 7.26. The molecule has 1 aliphatic rings. The van der Waals surface area contributed by atoms with Gasteiger partial charge in [-0.3, -0.25) is 4.79 Å². The van der Waals surface area contributed by atoms with Crippen LogP contribution in [0.15, 0.2) is 0 Å². The first kappa shape index (κ1) is 17.7. The second-order valence-electron chi connectivity index (χ2n) is 5.19. The zero-order valence-electron chi connectivity index (χ0n) is 11.8. The molecule has 0 aromatic carbocycles. The molecule has 0 aromatic heterocycles. The van der Waals surface area contributed by atoms with E-state index >= 15 is 0 Å². The number of carbonyl (C=O) groups excluding carboxylic acids is 1. The van der Waals surface area contributed by atoms with Crippen LogP contribution in [-0.2, 0) is 4.79 Å². The summed E-state index contributed by atoms with van der Waals surface area (Å²) in [4.78, 5) is 11.8. The smallest absolute Gasteiger partial charge is 0.220 e. The van der Waals surface area contributed by atoms with Crippen molar-refractivity contribution in [1.29, 1.82) is 0 Å². The number of rotatable bonds is 7. The third kappa shape index (κ3) is 7.22. The summed E-state index contributed by atoms with van der Waals surface area (Å²) in [5.41, 5.74) is 0. The van der Waals surface area contributed by atoms with E-state index in [-0.39, 0.29) is 18.3 Å². The summed E-state index contributed by atoms with van der Waals surface area (Å²) in [6.07, 6.45) is 7.55. The predicted octanol–water partition coefficient (Wildman–Crippen LogP) is 2.88. The van der Waals surface area contributed by atoms with Crippen LogP contribution >= 0.6 is 12.4 Å². The quantitative estimate of drug-likeness (QED) is 0.751. The standard InChI is InChI=1S/C14H28N2O.ClH/c1-3-5-13(4-2)16-14(17)7-6-12-8-10-15-11-9-12;/h12-13,15H,3-11H2,1-2H3,(H,16,17);1H. The van der Waals surface area contributed by atoms with Crippen LogP contribution in [-0.4, -0.2) is 25.0 Å². The van der Waals surface area contributed by atoms with Crippen molar-refractivity contribution in [3.05, 3.63) is 0 Å². The van der Waals surface area contributed by atoms with E-state index in [4.69, 9.17) is 0 Å². The lowest BCUT2D eigenvalue weighted by Crippen LogP contribution is -2.35. The van der Waals surface area contributed by atoms with E-state index in [1.54, 1.807) is 0 Å². The van der Waals surface area contributed by atoms with Gasteiger partial charge in [0.2, 0.25) is 5.91 Å². The Balaban J connectivity index is 0.00000289. The van der Waals surface area contributed by atoms with Gasteiger partial charge in [0, 0.05) is 12.5 Å². The first-order valence-electron chi connectivity index (χ1n) is 7.26. The third-order valence-corrected chi connectivity index (χ3v) is 3.73. The SMILES string of the molecule is CCCC(CC)NC(=O)CCC1CCNCC1.Cl. The van der Waals surface area contributed by atoms with Gasteiger partial charge in [-0.1, -0.05) is 20.3 Å². The molecule has 1 rings (SSSR count). The number of nitrogens with one attached hydrogen (secondary N) is 2. The maximum absolute atomic E-state index is 11.8. The lowest BCUT2D eigenvalue weighted by atomic mass is 9.93.